The van der Waals surface area contributed by atoms with Gasteiger partial charge in [-0.1, -0.05) is 84.0 Å². The van der Waals surface area contributed by atoms with Gasteiger partial charge in [0.2, 0.25) is 0 Å². The van der Waals surface area contributed by atoms with Crippen LogP contribution in [0.5, 0.6) is 11.5 Å². The SMILES string of the molecule is CC(C)c1ccc(C(C)(C)COCc2ccc(F)c(Oc3ccccc3)c2)cc1C(C)C. The van der Waals surface area contributed by atoms with Crippen LogP contribution in [0.1, 0.15) is 75.6 Å². The van der Waals surface area contributed by atoms with Crippen LogP contribution in [0.4, 0.5) is 4.39 Å². The van der Waals surface area contributed by atoms with Crippen LogP contribution >= 0.6 is 0 Å². The predicted molar refractivity (Wildman–Crippen MR) is 130 cm³/mol. The third-order valence-electron chi connectivity index (χ3n) is 5.81. The Morgan fingerprint density at radius 3 is 2.16 bits per heavy atom. The minimum absolute atomic E-state index is 0.136. The van der Waals surface area contributed by atoms with Gasteiger partial charge in [0, 0.05) is 5.41 Å². The lowest BCUT2D eigenvalue weighted by Gasteiger charge is -2.28. The Bertz CT molecular complexity index is 1020. The molecule has 170 valence electrons. The maximum Gasteiger partial charge on any atom is 0.165 e. The van der Waals surface area contributed by atoms with Crippen molar-refractivity contribution in [1.29, 1.82) is 0 Å². The normalized spacial score (nSPS) is 11.9. The number of halogens is 1. The van der Waals surface area contributed by atoms with Gasteiger partial charge in [-0.3, -0.25) is 0 Å². The highest BCUT2D eigenvalue weighted by Gasteiger charge is 2.23. The average molecular weight is 435 g/mol. The maximum absolute atomic E-state index is 14.2. The molecule has 2 nitrogen and oxygen atoms in total. The first kappa shape index (κ1) is 24.0. The molecule has 0 fully saturated rings. The molecule has 0 saturated heterocycles. The van der Waals surface area contributed by atoms with Crippen molar-refractivity contribution in [2.24, 2.45) is 0 Å². The molecule has 0 heterocycles. The van der Waals surface area contributed by atoms with E-state index in [9.17, 15) is 4.39 Å². The van der Waals surface area contributed by atoms with Crippen molar-refractivity contribution in [2.75, 3.05) is 6.61 Å². The largest absolute Gasteiger partial charge is 0.454 e. The van der Waals surface area contributed by atoms with E-state index in [1.165, 1.54) is 22.8 Å². The number of hydrogen-bond acceptors (Lipinski definition) is 2. The van der Waals surface area contributed by atoms with Gasteiger partial charge in [0.15, 0.2) is 11.6 Å². The van der Waals surface area contributed by atoms with E-state index in [-0.39, 0.29) is 17.0 Å². The summed E-state index contributed by atoms with van der Waals surface area (Å²) in [5.41, 5.74) is 4.84. The number of para-hydroxylation sites is 1. The number of ether oxygens (including phenoxy) is 2. The monoisotopic (exact) mass is 434 g/mol. The fourth-order valence-electron chi connectivity index (χ4n) is 3.86. The Labute approximate surface area is 192 Å². The van der Waals surface area contributed by atoms with Crippen molar-refractivity contribution < 1.29 is 13.9 Å². The van der Waals surface area contributed by atoms with Gasteiger partial charge in [0.25, 0.3) is 0 Å². The fraction of sp³-hybridized carbons (Fsp3) is 0.379. The topological polar surface area (TPSA) is 18.5 Å². The summed E-state index contributed by atoms with van der Waals surface area (Å²) < 4.78 is 26.0. The molecule has 32 heavy (non-hydrogen) atoms. The molecular formula is C29H35FO2. The maximum atomic E-state index is 14.2. The first-order chi connectivity index (χ1) is 15.2. The zero-order valence-electron chi connectivity index (χ0n) is 20.1. The van der Waals surface area contributed by atoms with E-state index in [4.69, 9.17) is 9.47 Å². The standard InChI is InChI=1S/C29H35FO2/c1-20(2)25-14-13-23(17-26(25)21(3)4)29(5,6)19-31-18-22-12-15-27(30)28(16-22)32-24-10-8-7-9-11-24/h7-17,20-21H,18-19H2,1-6H3. The molecule has 0 amide bonds. The molecule has 0 aliphatic heterocycles. The summed E-state index contributed by atoms with van der Waals surface area (Å²) in [5, 5.41) is 0. The van der Waals surface area contributed by atoms with Crippen molar-refractivity contribution in [1.82, 2.24) is 0 Å². The van der Waals surface area contributed by atoms with Crippen LogP contribution in [-0.2, 0) is 16.8 Å². The van der Waals surface area contributed by atoms with Gasteiger partial charge < -0.3 is 9.47 Å². The van der Waals surface area contributed by atoms with Crippen LogP contribution in [0.25, 0.3) is 0 Å². The summed E-state index contributed by atoms with van der Waals surface area (Å²) in [5.74, 6) is 1.42. The third kappa shape index (κ3) is 5.98. The Balaban J connectivity index is 1.68. The molecule has 0 spiro atoms. The molecule has 0 N–H and O–H groups in total. The van der Waals surface area contributed by atoms with Crippen LogP contribution in [-0.4, -0.2) is 6.61 Å². The van der Waals surface area contributed by atoms with E-state index in [2.05, 4.69) is 59.7 Å². The van der Waals surface area contributed by atoms with Gasteiger partial charge in [-0.15, -0.1) is 0 Å². The molecule has 3 aromatic rings. The van der Waals surface area contributed by atoms with E-state index in [0.29, 0.717) is 30.8 Å². The zero-order chi connectivity index (χ0) is 23.3. The highest BCUT2D eigenvalue weighted by molar-refractivity contribution is 5.39. The first-order valence-electron chi connectivity index (χ1n) is 11.4. The molecule has 0 aliphatic carbocycles. The summed E-state index contributed by atoms with van der Waals surface area (Å²) in [4.78, 5) is 0. The minimum Gasteiger partial charge on any atom is -0.454 e. The molecule has 3 aromatic carbocycles. The van der Waals surface area contributed by atoms with Gasteiger partial charge in [-0.05, 0) is 58.4 Å². The quantitative estimate of drug-likeness (QED) is 0.337. The molecule has 3 rings (SSSR count). The van der Waals surface area contributed by atoms with Crippen LogP contribution < -0.4 is 4.74 Å². The Kier molecular flexibility index (Phi) is 7.73. The van der Waals surface area contributed by atoms with Crippen molar-refractivity contribution in [2.45, 2.75) is 65.4 Å². The second kappa shape index (κ2) is 10.3. The molecule has 0 radical (unpaired) electrons. The smallest absolute Gasteiger partial charge is 0.165 e. The Morgan fingerprint density at radius 2 is 1.50 bits per heavy atom. The third-order valence-corrected chi connectivity index (χ3v) is 5.81. The molecule has 3 heteroatoms. The van der Waals surface area contributed by atoms with E-state index in [0.717, 1.165) is 5.56 Å². The zero-order valence-corrected chi connectivity index (χ0v) is 20.1. The average Bonchev–Trinajstić information content (AvgIpc) is 2.76. The lowest BCUT2D eigenvalue weighted by Crippen LogP contribution is -2.25. The van der Waals surface area contributed by atoms with E-state index in [1.54, 1.807) is 24.3 Å². The van der Waals surface area contributed by atoms with Gasteiger partial charge in [0.05, 0.1) is 13.2 Å². The summed E-state index contributed by atoms with van der Waals surface area (Å²) in [6.07, 6.45) is 0. The number of rotatable bonds is 9. The molecule has 0 aromatic heterocycles. The lowest BCUT2D eigenvalue weighted by molar-refractivity contribution is 0.0823. The highest BCUT2D eigenvalue weighted by Crippen LogP contribution is 2.32. The lowest BCUT2D eigenvalue weighted by atomic mass is 9.80. The molecule has 0 bridgehead atoms. The Hall–Kier alpha value is -2.65. The first-order valence-corrected chi connectivity index (χ1v) is 11.4. The van der Waals surface area contributed by atoms with Crippen LogP contribution in [0, 0.1) is 5.82 Å². The molecule has 0 aliphatic rings. The van der Waals surface area contributed by atoms with Crippen LogP contribution in [0.3, 0.4) is 0 Å². The highest BCUT2D eigenvalue weighted by atomic mass is 19.1. The summed E-state index contributed by atoms with van der Waals surface area (Å²) >= 11 is 0. The number of hydrogen-bond donors (Lipinski definition) is 0. The fourth-order valence-corrected chi connectivity index (χ4v) is 3.86. The van der Waals surface area contributed by atoms with E-state index >= 15 is 0 Å². The van der Waals surface area contributed by atoms with Crippen LogP contribution in [0.15, 0.2) is 66.7 Å². The van der Waals surface area contributed by atoms with E-state index < -0.39 is 0 Å². The van der Waals surface area contributed by atoms with Crippen molar-refractivity contribution in [3.63, 3.8) is 0 Å². The Morgan fingerprint density at radius 1 is 0.812 bits per heavy atom. The summed E-state index contributed by atoms with van der Waals surface area (Å²) in [7, 11) is 0. The van der Waals surface area contributed by atoms with Crippen molar-refractivity contribution >= 4 is 0 Å². The minimum atomic E-state index is -0.385. The number of benzene rings is 3. The van der Waals surface area contributed by atoms with Gasteiger partial charge in [-0.2, -0.15) is 0 Å². The second-order valence-electron chi connectivity index (χ2n) is 9.71. The molecular weight excluding hydrogens is 399 g/mol. The van der Waals surface area contributed by atoms with Crippen molar-refractivity contribution in [3.8, 4) is 11.5 Å². The van der Waals surface area contributed by atoms with Gasteiger partial charge in [-0.25, -0.2) is 4.39 Å². The molecule has 0 atom stereocenters. The predicted octanol–water partition coefficient (Wildman–Crippen LogP) is 8.36. The van der Waals surface area contributed by atoms with E-state index in [1.807, 2.05) is 18.2 Å². The van der Waals surface area contributed by atoms with Gasteiger partial charge >= 0.3 is 0 Å². The van der Waals surface area contributed by atoms with Crippen LogP contribution in [0.2, 0.25) is 0 Å². The summed E-state index contributed by atoms with van der Waals surface area (Å²) in [6, 6.07) is 21.0. The molecule has 0 unspecified atom stereocenters. The molecule has 0 saturated carbocycles. The van der Waals surface area contributed by atoms with Crippen molar-refractivity contribution in [3.05, 3.63) is 94.8 Å². The van der Waals surface area contributed by atoms with Gasteiger partial charge in [0.1, 0.15) is 5.75 Å². The summed E-state index contributed by atoms with van der Waals surface area (Å²) in [6.45, 7) is 14.4. The second-order valence-corrected chi connectivity index (χ2v) is 9.71.